The van der Waals surface area contributed by atoms with Gasteiger partial charge in [-0.3, -0.25) is 0 Å². The van der Waals surface area contributed by atoms with Crippen LogP contribution in [0.1, 0.15) is 35.2 Å². The quantitative estimate of drug-likeness (QED) is 0.877. The summed E-state index contributed by atoms with van der Waals surface area (Å²) in [6.07, 6.45) is 1.01. The molecule has 0 bridgehead atoms. The third-order valence-electron chi connectivity index (χ3n) is 4.08. The van der Waals surface area contributed by atoms with Gasteiger partial charge in [0.15, 0.2) is 0 Å². The Morgan fingerprint density at radius 2 is 2.10 bits per heavy atom. The summed E-state index contributed by atoms with van der Waals surface area (Å²) in [5, 5.41) is 3.61. The Hall–Kier alpha value is -1.32. The van der Waals surface area contributed by atoms with Crippen molar-refractivity contribution in [3.05, 3.63) is 63.1 Å². The van der Waals surface area contributed by atoms with Crippen molar-refractivity contribution in [1.82, 2.24) is 5.32 Å². The van der Waals surface area contributed by atoms with Gasteiger partial charge in [-0.2, -0.15) is 0 Å². The molecule has 1 unspecified atom stereocenters. The molecule has 0 radical (unpaired) electrons. The minimum atomic E-state index is 0.322. The van der Waals surface area contributed by atoms with Gasteiger partial charge in [0.05, 0.1) is 6.61 Å². The van der Waals surface area contributed by atoms with E-state index in [0.29, 0.717) is 6.04 Å². The molecular weight excluding hydrogens is 326 g/mol. The molecule has 1 atom stereocenters. The first-order chi connectivity index (χ1) is 10.1. The van der Waals surface area contributed by atoms with Gasteiger partial charge < -0.3 is 10.1 Å². The highest BCUT2D eigenvalue weighted by atomic mass is 79.9. The van der Waals surface area contributed by atoms with E-state index < -0.39 is 0 Å². The van der Waals surface area contributed by atoms with Crippen molar-refractivity contribution in [2.75, 3.05) is 6.61 Å². The molecule has 0 aliphatic carbocycles. The van der Waals surface area contributed by atoms with Crippen LogP contribution in [-0.4, -0.2) is 6.61 Å². The Balaban J connectivity index is 1.75. The molecule has 0 amide bonds. The molecule has 0 aromatic heterocycles. The van der Waals surface area contributed by atoms with Crippen molar-refractivity contribution in [2.45, 2.75) is 32.9 Å². The molecule has 3 heteroatoms. The van der Waals surface area contributed by atoms with Gasteiger partial charge in [-0.25, -0.2) is 0 Å². The van der Waals surface area contributed by atoms with Crippen molar-refractivity contribution in [2.24, 2.45) is 0 Å². The summed E-state index contributed by atoms with van der Waals surface area (Å²) in [6.45, 7) is 5.98. The predicted molar refractivity (Wildman–Crippen MR) is 89.8 cm³/mol. The topological polar surface area (TPSA) is 21.3 Å². The lowest BCUT2D eigenvalue weighted by atomic mass is 10.0. The lowest BCUT2D eigenvalue weighted by Gasteiger charge is -2.18. The van der Waals surface area contributed by atoms with Crippen LogP contribution in [0, 0.1) is 6.92 Å². The third-order valence-corrected chi connectivity index (χ3v) is 4.54. The number of rotatable bonds is 4. The molecule has 0 saturated heterocycles. The van der Waals surface area contributed by atoms with Crippen molar-refractivity contribution < 1.29 is 4.74 Å². The lowest BCUT2D eigenvalue weighted by molar-refractivity contribution is 0.351. The van der Waals surface area contributed by atoms with E-state index in [1.807, 2.05) is 0 Å². The van der Waals surface area contributed by atoms with Crippen LogP contribution in [0.2, 0.25) is 0 Å². The SMILES string of the molecule is Cc1ccccc1C(C)NCc1cc(Br)cc2c1OCC2. The van der Waals surface area contributed by atoms with E-state index in [1.54, 1.807) is 0 Å². The fraction of sp³-hybridized carbons (Fsp3) is 0.333. The molecular formula is C18H20BrNO. The molecule has 1 aliphatic heterocycles. The van der Waals surface area contributed by atoms with Crippen molar-refractivity contribution >= 4 is 15.9 Å². The maximum absolute atomic E-state index is 5.79. The molecule has 1 heterocycles. The maximum atomic E-state index is 5.79. The summed E-state index contributed by atoms with van der Waals surface area (Å²) in [4.78, 5) is 0. The molecule has 2 aromatic rings. The second-order valence-electron chi connectivity index (χ2n) is 5.61. The average Bonchev–Trinajstić information content (AvgIpc) is 2.93. The number of benzene rings is 2. The molecule has 1 N–H and O–H groups in total. The van der Waals surface area contributed by atoms with E-state index in [1.165, 1.54) is 22.3 Å². The summed E-state index contributed by atoms with van der Waals surface area (Å²) in [7, 11) is 0. The first-order valence-corrected chi connectivity index (χ1v) is 8.17. The van der Waals surface area contributed by atoms with Gasteiger partial charge in [0.25, 0.3) is 0 Å². The standard InChI is InChI=1S/C18H20BrNO/c1-12-5-3-4-6-17(12)13(2)20-11-15-10-16(19)9-14-7-8-21-18(14)15/h3-6,9-10,13,20H,7-8,11H2,1-2H3. The van der Waals surface area contributed by atoms with E-state index in [2.05, 4.69) is 71.5 Å². The molecule has 0 fully saturated rings. The van der Waals surface area contributed by atoms with Crippen LogP contribution in [0.4, 0.5) is 0 Å². The maximum Gasteiger partial charge on any atom is 0.127 e. The molecule has 21 heavy (non-hydrogen) atoms. The number of halogens is 1. The summed E-state index contributed by atoms with van der Waals surface area (Å²) in [5.41, 5.74) is 5.22. The van der Waals surface area contributed by atoms with E-state index in [-0.39, 0.29) is 0 Å². The van der Waals surface area contributed by atoms with Gasteiger partial charge in [0.1, 0.15) is 5.75 Å². The fourth-order valence-corrected chi connectivity index (χ4v) is 3.48. The fourth-order valence-electron chi connectivity index (χ4n) is 2.92. The molecule has 110 valence electrons. The predicted octanol–water partition coefficient (Wildman–Crippen LogP) is 4.54. The van der Waals surface area contributed by atoms with Gasteiger partial charge in [0.2, 0.25) is 0 Å². The van der Waals surface area contributed by atoms with Gasteiger partial charge in [-0.05, 0) is 42.7 Å². The van der Waals surface area contributed by atoms with Gasteiger partial charge >= 0.3 is 0 Å². The zero-order valence-corrected chi connectivity index (χ0v) is 14.0. The van der Waals surface area contributed by atoms with Gasteiger partial charge in [-0.15, -0.1) is 0 Å². The summed E-state index contributed by atoms with van der Waals surface area (Å²) in [5.74, 6) is 1.07. The van der Waals surface area contributed by atoms with Crippen molar-refractivity contribution in [1.29, 1.82) is 0 Å². The minimum absolute atomic E-state index is 0.322. The van der Waals surface area contributed by atoms with Crippen LogP contribution in [0.25, 0.3) is 0 Å². The minimum Gasteiger partial charge on any atom is -0.493 e. The van der Waals surface area contributed by atoms with E-state index in [4.69, 9.17) is 4.74 Å². The Labute approximate surface area is 134 Å². The van der Waals surface area contributed by atoms with E-state index in [9.17, 15) is 0 Å². The highest BCUT2D eigenvalue weighted by Crippen LogP contribution is 2.33. The highest BCUT2D eigenvalue weighted by molar-refractivity contribution is 9.10. The Kier molecular flexibility index (Phi) is 4.32. The zero-order valence-electron chi connectivity index (χ0n) is 12.4. The van der Waals surface area contributed by atoms with Crippen LogP contribution < -0.4 is 10.1 Å². The zero-order chi connectivity index (χ0) is 14.8. The smallest absolute Gasteiger partial charge is 0.127 e. The van der Waals surface area contributed by atoms with Crippen LogP contribution in [-0.2, 0) is 13.0 Å². The Morgan fingerprint density at radius 1 is 1.29 bits per heavy atom. The normalized spacial score (nSPS) is 14.6. The number of fused-ring (bicyclic) bond motifs is 1. The number of ether oxygens (including phenoxy) is 1. The molecule has 3 rings (SSSR count). The second-order valence-corrected chi connectivity index (χ2v) is 6.53. The van der Waals surface area contributed by atoms with Crippen LogP contribution in [0.15, 0.2) is 40.9 Å². The number of aryl methyl sites for hydroxylation is 1. The summed E-state index contributed by atoms with van der Waals surface area (Å²) < 4.78 is 6.92. The first kappa shape index (κ1) is 14.6. The van der Waals surface area contributed by atoms with E-state index in [0.717, 1.165) is 29.8 Å². The number of hydrogen-bond donors (Lipinski definition) is 1. The van der Waals surface area contributed by atoms with Crippen LogP contribution in [0.3, 0.4) is 0 Å². The number of nitrogens with one attached hydrogen (secondary N) is 1. The Bertz CT molecular complexity index is 654. The second kappa shape index (κ2) is 6.20. The van der Waals surface area contributed by atoms with Crippen molar-refractivity contribution in [3.8, 4) is 5.75 Å². The molecule has 2 nitrogen and oxygen atoms in total. The van der Waals surface area contributed by atoms with Gasteiger partial charge in [0, 0.05) is 29.0 Å². The molecule has 0 spiro atoms. The molecule has 0 saturated carbocycles. The molecule has 2 aromatic carbocycles. The lowest BCUT2D eigenvalue weighted by Crippen LogP contribution is -2.19. The summed E-state index contributed by atoms with van der Waals surface area (Å²) in [6, 6.07) is 13.2. The average molecular weight is 346 g/mol. The largest absolute Gasteiger partial charge is 0.493 e. The van der Waals surface area contributed by atoms with E-state index >= 15 is 0 Å². The summed E-state index contributed by atoms with van der Waals surface area (Å²) >= 11 is 3.60. The van der Waals surface area contributed by atoms with Gasteiger partial charge in [-0.1, -0.05) is 40.2 Å². The van der Waals surface area contributed by atoms with Crippen LogP contribution >= 0.6 is 15.9 Å². The number of hydrogen-bond acceptors (Lipinski definition) is 2. The third kappa shape index (κ3) is 3.14. The van der Waals surface area contributed by atoms with Crippen LogP contribution in [0.5, 0.6) is 5.75 Å². The Morgan fingerprint density at radius 3 is 2.90 bits per heavy atom. The monoisotopic (exact) mass is 345 g/mol. The highest BCUT2D eigenvalue weighted by Gasteiger charge is 2.18. The first-order valence-electron chi connectivity index (χ1n) is 7.38. The van der Waals surface area contributed by atoms with Crippen molar-refractivity contribution in [3.63, 3.8) is 0 Å². The molecule has 1 aliphatic rings.